The molecule has 0 bridgehead atoms. The molecule has 1 atom stereocenters. The van der Waals surface area contributed by atoms with Crippen LogP contribution in [-0.2, 0) is 11.3 Å². The summed E-state index contributed by atoms with van der Waals surface area (Å²) in [6, 6.07) is 9.83. The van der Waals surface area contributed by atoms with Crippen molar-refractivity contribution in [2.24, 2.45) is 5.41 Å². The molecule has 1 aliphatic rings. The second-order valence-electron chi connectivity index (χ2n) is 6.72. The number of hydrogen-bond donors (Lipinski definition) is 1. The molecule has 1 unspecified atom stereocenters. The van der Waals surface area contributed by atoms with Crippen molar-refractivity contribution in [2.45, 2.75) is 32.4 Å². The molecule has 1 aliphatic carbocycles. The zero-order valence-corrected chi connectivity index (χ0v) is 14.2. The van der Waals surface area contributed by atoms with Crippen LogP contribution in [0.3, 0.4) is 0 Å². The monoisotopic (exact) mass is 335 g/mol. The minimum atomic E-state index is -0.296. The molecule has 2 aromatic heterocycles. The summed E-state index contributed by atoms with van der Waals surface area (Å²) in [6.45, 7) is 2.71. The van der Waals surface area contributed by atoms with Crippen LogP contribution in [0.25, 0.3) is 5.69 Å². The summed E-state index contributed by atoms with van der Waals surface area (Å²) in [5.41, 5.74) is 1.74. The zero-order chi connectivity index (χ0) is 17.3. The van der Waals surface area contributed by atoms with Crippen molar-refractivity contribution in [3.63, 3.8) is 0 Å². The first kappa shape index (κ1) is 15.6. The third kappa shape index (κ3) is 3.07. The molecule has 1 saturated carbocycles. The molecule has 0 radical (unpaired) electrons. The van der Waals surface area contributed by atoms with Gasteiger partial charge in [0.1, 0.15) is 0 Å². The fourth-order valence-electron chi connectivity index (χ4n) is 3.24. The fourth-order valence-corrected chi connectivity index (χ4v) is 3.24. The van der Waals surface area contributed by atoms with Crippen molar-refractivity contribution in [2.75, 3.05) is 0 Å². The Morgan fingerprint density at radius 3 is 2.76 bits per heavy atom. The Kier molecular flexibility index (Phi) is 3.87. The molecular formula is C19H21N5O. The lowest BCUT2D eigenvalue weighted by atomic mass is 10.0. The van der Waals surface area contributed by atoms with E-state index in [-0.39, 0.29) is 17.4 Å². The Labute approximate surface area is 146 Å². The van der Waals surface area contributed by atoms with E-state index in [9.17, 15) is 4.79 Å². The highest BCUT2D eigenvalue weighted by molar-refractivity contribution is 5.85. The van der Waals surface area contributed by atoms with Gasteiger partial charge in [0.2, 0.25) is 5.91 Å². The van der Waals surface area contributed by atoms with E-state index in [2.05, 4.69) is 15.4 Å². The van der Waals surface area contributed by atoms with Gasteiger partial charge >= 0.3 is 0 Å². The maximum absolute atomic E-state index is 12.9. The lowest BCUT2D eigenvalue weighted by Crippen LogP contribution is -2.36. The summed E-state index contributed by atoms with van der Waals surface area (Å²) in [5.74, 6) is 0.115. The van der Waals surface area contributed by atoms with Gasteiger partial charge in [-0.1, -0.05) is 18.2 Å². The first-order valence-electron chi connectivity index (χ1n) is 8.54. The maximum Gasteiger partial charge on any atom is 0.228 e. The smallest absolute Gasteiger partial charge is 0.228 e. The van der Waals surface area contributed by atoms with Gasteiger partial charge in [0, 0.05) is 31.3 Å². The molecule has 1 aromatic carbocycles. The minimum absolute atomic E-state index is 0.0897. The highest BCUT2D eigenvalue weighted by atomic mass is 16.2. The molecule has 0 spiro atoms. The number of carbonyl (C=O) groups is 1. The van der Waals surface area contributed by atoms with Crippen LogP contribution in [0.2, 0.25) is 0 Å². The lowest BCUT2D eigenvalue weighted by molar-refractivity contribution is -0.127. The number of rotatable bonds is 6. The molecule has 1 N–H and O–H groups in total. The van der Waals surface area contributed by atoms with Gasteiger partial charge in [0.05, 0.1) is 23.5 Å². The molecule has 3 aromatic rings. The standard InChI is InChI=1S/C19H21N5O/c1-15(16-5-2-3-6-17(16)24-11-4-9-21-24)22-18(25)19(7-8-19)13-23-12-10-20-14-23/h2-6,9-12,14-15H,7-8,13H2,1H3,(H,22,25). The third-order valence-electron chi connectivity index (χ3n) is 4.88. The summed E-state index contributed by atoms with van der Waals surface area (Å²) >= 11 is 0. The summed E-state index contributed by atoms with van der Waals surface area (Å²) in [4.78, 5) is 16.9. The molecule has 0 saturated heterocycles. The van der Waals surface area contributed by atoms with Crippen molar-refractivity contribution in [3.8, 4) is 5.69 Å². The molecule has 2 heterocycles. The van der Waals surface area contributed by atoms with E-state index in [4.69, 9.17) is 0 Å². The van der Waals surface area contributed by atoms with E-state index in [1.807, 2.05) is 58.9 Å². The van der Waals surface area contributed by atoms with Gasteiger partial charge in [-0.2, -0.15) is 5.10 Å². The SMILES string of the molecule is CC(NC(=O)C1(Cn2ccnc2)CC1)c1ccccc1-n1cccn1. The number of imidazole rings is 1. The molecule has 1 amide bonds. The number of benzene rings is 1. The number of para-hydroxylation sites is 1. The Hall–Kier alpha value is -2.89. The minimum Gasteiger partial charge on any atom is -0.349 e. The quantitative estimate of drug-likeness (QED) is 0.753. The number of hydrogen-bond acceptors (Lipinski definition) is 3. The predicted molar refractivity (Wildman–Crippen MR) is 94.0 cm³/mol. The van der Waals surface area contributed by atoms with E-state index >= 15 is 0 Å². The van der Waals surface area contributed by atoms with Gasteiger partial charge in [0.25, 0.3) is 0 Å². The topological polar surface area (TPSA) is 64.7 Å². The summed E-state index contributed by atoms with van der Waals surface area (Å²) in [7, 11) is 0. The van der Waals surface area contributed by atoms with Crippen molar-refractivity contribution in [1.29, 1.82) is 0 Å². The van der Waals surface area contributed by atoms with Gasteiger partial charge < -0.3 is 9.88 Å². The summed E-state index contributed by atoms with van der Waals surface area (Å²) in [6.07, 6.45) is 10.9. The Bertz CT molecular complexity index is 850. The molecule has 6 nitrogen and oxygen atoms in total. The van der Waals surface area contributed by atoms with Crippen molar-refractivity contribution in [3.05, 3.63) is 67.0 Å². The maximum atomic E-state index is 12.9. The Morgan fingerprint density at radius 2 is 2.08 bits per heavy atom. The lowest BCUT2D eigenvalue weighted by Gasteiger charge is -2.22. The molecule has 0 aliphatic heterocycles. The van der Waals surface area contributed by atoms with Crippen molar-refractivity contribution in [1.82, 2.24) is 24.6 Å². The van der Waals surface area contributed by atoms with Crippen molar-refractivity contribution >= 4 is 5.91 Å². The fraction of sp³-hybridized carbons (Fsp3) is 0.316. The highest BCUT2D eigenvalue weighted by Crippen LogP contribution is 2.47. The molecule has 4 rings (SSSR count). The van der Waals surface area contributed by atoms with Crippen LogP contribution >= 0.6 is 0 Å². The first-order valence-corrected chi connectivity index (χ1v) is 8.54. The summed E-state index contributed by atoms with van der Waals surface area (Å²) in [5, 5.41) is 7.51. The van der Waals surface area contributed by atoms with E-state index in [0.717, 1.165) is 24.1 Å². The van der Waals surface area contributed by atoms with Crippen LogP contribution in [0, 0.1) is 5.41 Å². The van der Waals surface area contributed by atoms with Crippen LogP contribution in [0.15, 0.2) is 61.4 Å². The van der Waals surface area contributed by atoms with E-state index in [0.29, 0.717) is 6.54 Å². The van der Waals surface area contributed by atoms with E-state index < -0.39 is 0 Å². The normalized spacial score (nSPS) is 16.4. The highest BCUT2D eigenvalue weighted by Gasteiger charge is 2.50. The number of aromatic nitrogens is 4. The van der Waals surface area contributed by atoms with Crippen LogP contribution in [0.4, 0.5) is 0 Å². The second-order valence-corrected chi connectivity index (χ2v) is 6.72. The molecule has 128 valence electrons. The molecular weight excluding hydrogens is 314 g/mol. The molecule has 25 heavy (non-hydrogen) atoms. The van der Waals surface area contributed by atoms with Crippen LogP contribution in [0.5, 0.6) is 0 Å². The zero-order valence-electron chi connectivity index (χ0n) is 14.2. The first-order chi connectivity index (χ1) is 12.2. The van der Waals surface area contributed by atoms with E-state index in [1.165, 1.54) is 0 Å². The number of carbonyl (C=O) groups excluding carboxylic acids is 1. The van der Waals surface area contributed by atoms with E-state index in [1.54, 1.807) is 18.7 Å². The second kappa shape index (κ2) is 6.20. The van der Waals surface area contributed by atoms with Gasteiger partial charge in [-0.25, -0.2) is 9.67 Å². The average Bonchev–Trinajstić information content (AvgIpc) is 3.04. The molecule has 1 fully saturated rings. The number of nitrogens with one attached hydrogen (secondary N) is 1. The predicted octanol–water partition coefficient (Wildman–Crippen LogP) is 2.73. The van der Waals surface area contributed by atoms with Gasteiger partial charge in [0.15, 0.2) is 0 Å². The van der Waals surface area contributed by atoms with Crippen LogP contribution < -0.4 is 5.32 Å². The Balaban J connectivity index is 1.51. The Morgan fingerprint density at radius 1 is 1.24 bits per heavy atom. The van der Waals surface area contributed by atoms with Crippen LogP contribution in [-0.4, -0.2) is 25.2 Å². The largest absolute Gasteiger partial charge is 0.349 e. The van der Waals surface area contributed by atoms with Gasteiger partial charge in [-0.3, -0.25) is 4.79 Å². The van der Waals surface area contributed by atoms with Gasteiger partial charge in [-0.05, 0) is 37.5 Å². The number of amides is 1. The average molecular weight is 335 g/mol. The van der Waals surface area contributed by atoms with Gasteiger partial charge in [-0.15, -0.1) is 0 Å². The molecule has 6 heteroatoms. The summed E-state index contributed by atoms with van der Waals surface area (Å²) < 4.78 is 3.81. The van der Waals surface area contributed by atoms with Crippen molar-refractivity contribution < 1.29 is 4.79 Å². The van der Waals surface area contributed by atoms with Crippen LogP contribution in [0.1, 0.15) is 31.4 Å². The number of nitrogens with zero attached hydrogens (tertiary/aromatic N) is 4. The third-order valence-corrected chi connectivity index (χ3v) is 4.88.